The van der Waals surface area contributed by atoms with Crippen molar-refractivity contribution in [2.75, 3.05) is 32.8 Å². The van der Waals surface area contributed by atoms with Crippen LogP contribution in [0.15, 0.2) is 58.4 Å². The van der Waals surface area contributed by atoms with Gasteiger partial charge in [-0.05, 0) is 63.6 Å². The molecule has 0 unspecified atom stereocenters. The van der Waals surface area contributed by atoms with Crippen LogP contribution in [0.2, 0.25) is 0 Å². The summed E-state index contributed by atoms with van der Waals surface area (Å²) in [5.74, 6) is 0.138. The van der Waals surface area contributed by atoms with Gasteiger partial charge >= 0.3 is 0 Å². The van der Waals surface area contributed by atoms with Gasteiger partial charge in [-0.1, -0.05) is 60.4 Å². The number of carbonyl (C=O) groups excluding carboxylic acids is 1. The highest BCUT2D eigenvalue weighted by molar-refractivity contribution is 5.75. The maximum atomic E-state index is 11.9. The molecule has 0 aliphatic heterocycles. The minimum atomic E-state index is 0.138. The van der Waals surface area contributed by atoms with Crippen molar-refractivity contribution in [3.05, 3.63) is 53.6 Å². The number of unbranched alkanes of at least 4 members (excludes halogenated alkanes) is 4. The summed E-state index contributed by atoms with van der Waals surface area (Å²) >= 11 is 0. The summed E-state index contributed by atoms with van der Waals surface area (Å²) < 4.78 is 5.59. The molecule has 0 saturated carbocycles. The Hall–Kier alpha value is -2.47. The molecule has 6 heteroatoms. The summed E-state index contributed by atoms with van der Waals surface area (Å²) in [6.45, 7) is 7.82. The van der Waals surface area contributed by atoms with Gasteiger partial charge in [0.2, 0.25) is 5.91 Å². The second-order valence-corrected chi connectivity index (χ2v) is 8.43. The van der Waals surface area contributed by atoms with Crippen LogP contribution in [-0.2, 0) is 16.0 Å². The van der Waals surface area contributed by atoms with Gasteiger partial charge in [0.15, 0.2) is 0 Å². The Labute approximate surface area is 200 Å². The molecule has 1 aliphatic carbocycles. The summed E-state index contributed by atoms with van der Waals surface area (Å²) in [6, 6.07) is 8.37. The van der Waals surface area contributed by atoms with E-state index in [0.29, 0.717) is 19.6 Å². The molecule has 0 bridgehead atoms. The third kappa shape index (κ3) is 12.4. The molecule has 0 radical (unpaired) electrons. The van der Waals surface area contributed by atoms with Crippen molar-refractivity contribution in [2.24, 2.45) is 10.3 Å². The zero-order chi connectivity index (χ0) is 23.6. The molecular formula is C27H42N4O2. The van der Waals surface area contributed by atoms with Gasteiger partial charge in [0, 0.05) is 26.1 Å². The van der Waals surface area contributed by atoms with E-state index in [2.05, 4.69) is 59.9 Å². The van der Waals surface area contributed by atoms with Crippen molar-refractivity contribution in [2.45, 2.75) is 71.6 Å². The van der Waals surface area contributed by atoms with Crippen molar-refractivity contribution >= 4 is 11.6 Å². The van der Waals surface area contributed by atoms with E-state index in [4.69, 9.17) is 4.74 Å². The fraction of sp³-hybridized carbons (Fsp3) is 0.593. The smallest absolute Gasteiger partial charge is 0.220 e. The minimum Gasteiger partial charge on any atom is -0.379 e. The standard InChI is InChI=1S/C27H42N4O2/c1-3-31(4-2)30-29-26-18-16-25(17-19-26)12-8-6-5-7-9-15-27(32)28-21-23-33-22-20-24-13-10-11-14-24/h10-11,13,16-19H,3-9,12,14-15,20-23H2,1-2H3,(H,28,32). The Kier molecular flexibility index (Phi) is 13.8. The average molecular weight is 455 g/mol. The fourth-order valence-electron chi connectivity index (χ4n) is 3.67. The van der Waals surface area contributed by atoms with Crippen molar-refractivity contribution in [1.82, 2.24) is 10.3 Å². The zero-order valence-electron chi connectivity index (χ0n) is 20.6. The van der Waals surface area contributed by atoms with Crippen LogP contribution < -0.4 is 5.32 Å². The number of hydrogen-bond donors (Lipinski definition) is 1. The predicted molar refractivity (Wildman–Crippen MR) is 136 cm³/mol. The molecule has 1 aliphatic rings. The van der Waals surface area contributed by atoms with Crippen LogP contribution in [-0.4, -0.2) is 43.8 Å². The number of nitrogens with zero attached hydrogens (tertiary/aromatic N) is 3. The van der Waals surface area contributed by atoms with Crippen LogP contribution in [0.3, 0.4) is 0 Å². The number of aryl methyl sites for hydroxylation is 1. The number of amides is 1. The first-order chi connectivity index (χ1) is 16.2. The monoisotopic (exact) mass is 454 g/mol. The van der Waals surface area contributed by atoms with Crippen LogP contribution in [0.25, 0.3) is 0 Å². The zero-order valence-corrected chi connectivity index (χ0v) is 20.6. The number of rotatable bonds is 18. The van der Waals surface area contributed by atoms with Gasteiger partial charge in [0.1, 0.15) is 0 Å². The number of carbonyl (C=O) groups is 1. The van der Waals surface area contributed by atoms with Crippen molar-refractivity contribution < 1.29 is 9.53 Å². The maximum absolute atomic E-state index is 11.9. The van der Waals surface area contributed by atoms with Gasteiger partial charge in [-0.3, -0.25) is 9.80 Å². The van der Waals surface area contributed by atoms with Crippen LogP contribution in [0.1, 0.15) is 70.8 Å². The summed E-state index contributed by atoms with van der Waals surface area (Å²) in [4.78, 5) is 11.9. The maximum Gasteiger partial charge on any atom is 0.220 e. The molecule has 1 aromatic carbocycles. The third-order valence-corrected chi connectivity index (χ3v) is 5.81. The molecule has 0 heterocycles. The highest BCUT2D eigenvalue weighted by atomic mass is 16.5. The average Bonchev–Trinajstić information content (AvgIpc) is 3.36. The summed E-state index contributed by atoms with van der Waals surface area (Å²) in [7, 11) is 0. The van der Waals surface area contributed by atoms with Crippen molar-refractivity contribution in [1.29, 1.82) is 0 Å². The van der Waals surface area contributed by atoms with Crippen molar-refractivity contribution in [3.8, 4) is 0 Å². The molecule has 33 heavy (non-hydrogen) atoms. The van der Waals surface area contributed by atoms with E-state index in [1.54, 1.807) is 0 Å². The number of benzene rings is 1. The molecular weight excluding hydrogens is 412 g/mol. The largest absolute Gasteiger partial charge is 0.379 e. The number of allylic oxidation sites excluding steroid dienone is 3. The molecule has 1 aromatic rings. The first-order valence-electron chi connectivity index (χ1n) is 12.7. The van der Waals surface area contributed by atoms with E-state index < -0.39 is 0 Å². The topological polar surface area (TPSA) is 66.3 Å². The third-order valence-electron chi connectivity index (χ3n) is 5.81. The lowest BCUT2D eigenvalue weighted by molar-refractivity contribution is -0.121. The Morgan fingerprint density at radius 3 is 2.48 bits per heavy atom. The lowest BCUT2D eigenvalue weighted by Gasteiger charge is -2.11. The van der Waals surface area contributed by atoms with E-state index in [1.165, 1.54) is 30.4 Å². The van der Waals surface area contributed by atoms with E-state index >= 15 is 0 Å². The Balaban J connectivity index is 1.41. The number of hydrogen-bond acceptors (Lipinski definition) is 4. The Morgan fingerprint density at radius 1 is 1.00 bits per heavy atom. The molecule has 1 N–H and O–H groups in total. The molecule has 6 nitrogen and oxygen atoms in total. The highest BCUT2D eigenvalue weighted by Crippen LogP contribution is 2.16. The molecule has 2 rings (SSSR count). The molecule has 182 valence electrons. The minimum absolute atomic E-state index is 0.138. The SMILES string of the molecule is CCN(CC)N=Nc1ccc(CCCCCCCC(=O)NCCOCCC2=CC=CC2)cc1. The molecule has 1 amide bonds. The molecule has 0 atom stereocenters. The fourth-order valence-corrected chi connectivity index (χ4v) is 3.67. The van der Waals surface area contributed by atoms with Crippen LogP contribution in [0.4, 0.5) is 5.69 Å². The van der Waals surface area contributed by atoms with Gasteiger partial charge in [-0.2, -0.15) is 0 Å². The van der Waals surface area contributed by atoms with Gasteiger partial charge in [-0.25, -0.2) is 0 Å². The first-order valence-corrected chi connectivity index (χ1v) is 12.7. The van der Waals surface area contributed by atoms with Crippen LogP contribution in [0.5, 0.6) is 0 Å². The van der Waals surface area contributed by atoms with E-state index in [9.17, 15) is 4.79 Å². The normalized spacial score (nSPS) is 13.0. The lowest BCUT2D eigenvalue weighted by atomic mass is 10.0. The molecule has 0 fully saturated rings. The van der Waals surface area contributed by atoms with Crippen LogP contribution >= 0.6 is 0 Å². The first kappa shape index (κ1) is 26.8. The second kappa shape index (κ2) is 17.1. The molecule has 0 saturated heterocycles. The van der Waals surface area contributed by atoms with Gasteiger partial charge in [0.05, 0.1) is 18.9 Å². The number of nitrogens with one attached hydrogen (secondary N) is 1. The highest BCUT2D eigenvalue weighted by Gasteiger charge is 2.02. The molecule has 0 spiro atoms. The predicted octanol–water partition coefficient (Wildman–Crippen LogP) is 6.32. The Morgan fingerprint density at radius 2 is 1.76 bits per heavy atom. The second-order valence-electron chi connectivity index (χ2n) is 8.43. The van der Waals surface area contributed by atoms with Crippen molar-refractivity contribution in [3.63, 3.8) is 0 Å². The quantitative estimate of drug-likeness (QED) is 0.160. The summed E-state index contributed by atoms with van der Waals surface area (Å²) in [6.07, 6.45) is 15.8. The van der Waals surface area contributed by atoms with E-state index in [1.807, 2.05) is 17.1 Å². The number of ether oxygens (including phenoxy) is 1. The Bertz CT molecular complexity index is 752. The van der Waals surface area contributed by atoms with Gasteiger partial charge < -0.3 is 10.1 Å². The van der Waals surface area contributed by atoms with Gasteiger partial charge in [-0.15, -0.1) is 5.11 Å². The summed E-state index contributed by atoms with van der Waals surface area (Å²) in [5, 5.41) is 13.4. The lowest BCUT2D eigenvalue weighted by Crippen LogP contribution is -2.27. The van der Waals surface area contributed by atoms with Gasteiger partial charge in [0.25, 0.3) is 0 Å². The van der Waals surface area contributed by atoms with Crippen LogP contribution in [0, 0.1) is 0 Å². The van der Waals surface area contributed by atoms with E-state index in [-0.39, 0.29) is 5.91 Å². The molecule has 0 aromatic heterocycles. The summed E-state index contributed by atoms with van der Waals surface area (Å²) in [5.41, 5.74) is 3.66. The van der Waals surface area contributed by atoms with E-state index in [0.717, 1.165) is 57.5 Å².